The van der Waals surface area contributed by atoms with Gasteiger partial charge in [-0.25, -0.2) is 9.59 Å². The maximum absolute atomic E-state index is 12.4. The Morgan fingerprint density at radius 3 is 2.42 bits per heavy atom. The summed E-state index contributed by atoms with van der Waals surface area (Å²) in [5.41, 5.74) is 1.89. The molecule has 1 N–H and O–H groups in total. The number of fused-ring (bicyclic) bond motifs is 1. The van der Waals surface area contributed by atoms with E-state index in [2.05, 4.69) is 0 Å². The molecule has 1 heterocycles. The zero-order valence-corrected chi connectivity index (χ0v) is 14.5. The Morgan fingerprint density at radius 1 is 1.12 bits per heavy atom. The number of carboxylic acids is 1. The van der Waals surface area contributed by atoms with Gasteiger partial charge >= 0.3 is 12.1 Å². The molecule has 0 saturated heterocycles. The van der Waals surface area contributed by atoms with E-state index >= 15 is 0 Å². The van der Waals surface area contributed by atoms with Crippen molar-refractivity contribution in [1.82, 2.24) is 4.90 Å². The van der Waals surface area contributed by atoms with Crippen molar-refractivity contribution in [3.63, 3.8) is 0 Å². The summed E-state index contributed by atoms with van der Waals surface area (Å²) in [6.45, 7) is 6.52. The van der Waals surface area contributed by atoms with Crippen molar-refractivity contribution >= 4 is 12.1 Å². The number of carbonyl (C=O) groups excluding carboxylic acids is 1. The first-order valence-corrected chi connectivity index (χ1v) is 8.23. The molecule has 130 valence electrons. The van der Waals surface area contributed by atoms with Crippen molar-refractivity contribution < 1.29 is 19.4 Å². The van der Waals surface area contributed by atoms with Crippen molar-refractivity contribution in [2.45, 2.75) is 45.6 Å². The normalized spacial score (nSPS) is 16.0. The monoisotopic (exact) mass is 331 g/mol. The number of carbonyl (C=O) groups is 2. The molecular weight excluding hydrogens is 306 g/mol. The number of amides is 1. The van der Waals surface area contributed by atoms with Crippen LogP contribution >= 0.6 is 0 Å². The van der Waals surface area contributed by atoms with Gasteiger partial charge in [-0.15, -0.1) is 0 Å². The number of nitrogens with zero attached hydrogens (tertiary/aromatic N) is 1. The van der Waals surface area contributed by atoms with E-state index in [-0.39, 0.29) is 6.09 Å². The Kier molecular flexibility index (Phi) is 5.65. The number of hydrogen-bond donors (Lipinski definition) is 1. The van der Waals surface area contributed by atoms with Crippen LogP contribution in [0.5, 0.6) is 0 Å². The average Bonchev–Trinajstić information content (AvgIpc) is 2.49. The zero-order valence-electron chi connectivity index (χ0n) is 14.5. The molecule has 0 unspecified atom stereocenters. The highest BCUT2D eigenvalue weighted by Gasteiger charge is 2.23. The average molecular weight is 331 g/mol. The van der Waals surface area contributed by atoms with Crippen molar-refractivity contribution in [3.8, 4) is 0 Å². The van der Waals surface area contributed by atoms with Crippen LogP contribution in [0.25, 0.3) is 0 Å². The van der Waals surface area contributed by atoms with Crippen molar-refractivity contribution in [1.29, 1.82) is 0 Å². The standard InChI is InChI=1S/C19H25NO4/c1-19(2,3)24-18(23)20-11-6-9-16(17(21)22)13-15-8-5-4-7-14(15)10-12-20/h4-5,7-9H,6,10-13H2,1-3H3,(H,21,22). The van der Waals surface area contributed by atoms with Crippen LogP contribution in [0.3, 0.4) is 0 Å². The van der Waals surface area contributed by atoms with Gasteiger partial charge in [0.25, 0.3) is 0 Å². The summed E-state index contributed by atoms with van der Waals surface area (Å²) in [5, 5.41) is 9.40. The number of ether oxygens (including phenoxy) is 1. The summed E-state index contributed by atoms with van der Waals surface area (Å²) in [4.78, 5) is 25.5. The first-order chi connectivity index (χ1) is 11.3. The molecule has 0 bridgehead atoms. The summed E-state index contributed by atoms with van der Waals surface area (Å²) in [7, 11) is 0. The molecule has 0 saturated carbocycles. The SMILES string of the molecule is CC(C)(C)OC(=O)N1CCC=C(C(=O)O)Cc2ccccc2CC1. The number of carboxylic acid groups (broad SMARTS) is 1. The Balaban J connectivity index is 2.25. The van der Waals surface area contributed by atoms with E-state index in [0.29, 0.717) is 37.9 Å². The summed E-state index contributed by atoms with van der Waals surface area (Å²) in [5.74, 6) is -0.908. The summed E-state index contributed by atoms with van der Waals surface area (Å²) in [6.07, 6.45) is 2.95. The number of aliphatic carboxylic acids is 1. The molecule has 0 atom stereocenters. The second-order valence-corrected chi connectivity index (χ2v) is 6.99. The fraction of sp³-hybridized carbons (Fsp3) is 0.474. The van der Waals surface area contributed by atoms with E-state index in [9.17, 15) is 14.7 Å². The van der Waals surface area contributed by atoms with Crippen LogP contribution in [0.1, 0.15) is 38.3 Å². The lowest BCUT2D eigenvalue weighted by atomic mass is 9.96. The predicted octanol–water partition coefficient (Wildman–Crippen LogP) is 3.42. The molecule has 0 fully saturated rings. The molecule has 2 rings (SSSR count). The minimum Gasteiger partial charge on any atom is -0.478 e. The van der Waals surface area contributed by atoms with Gasteiger partial charge in [-0.3, -0.25) is 0 Å². The van der Waals surface area contributed by atoms with E-state index in [1.807, 2.05) is 45.0 Å². The van der Waals surface area contributed by atoms with E-state index in [1.54, 1.807) is 11.0 Å². The highest BCUT2D eigenvalue weighted by atomic mass is 16.6. The van der Waals surface area contributed by atoms with Gasteiger partial charge in [0.15, 0.2) is 0 Å². The highest BCUT2D eigenvalue weighted by molar-refractivity contribution is 5.87. The van der Waals surface area contributed by atoms with Crippen LogP contribution in [-0.4, -0.2) is 40.8 Å². The third kappa shape index (κ3) is 5.11. The smallest absolute Gasteiger partial charge is 0.410 e. The van der Waals surface area contributed by atoms with Gasteiger partial charge in [0.1, 0.15) is 5.60 Å². The third-order valence-electron chi connectivity index (χ3n) is 3.87. The maximum Gasteiger partial charge on any atom is 0.410 e. The molecule has 1 aliphatic heterocycles. The molecule has 5 heteroatoms. The second kappa shape index (κ2) is 7.51. The first kappa shape index (κ1) is 18.0. The molecule has 1 aromatic rings. The van der Waals surface area contributed by atoms with Crippen molar-refractivity contribution in [2.75, 3.05) is 13.1 Å². The van der Waals surface area contributed by atoms with Gasteiger partial charge in [0, 0.05) is 25.1 Å². The van der Waals surface area contributed by atoms with Gasteiger partial charge in [-0.1, -0.05) is 30.3 Å². The lowest BCUT2D eigenvalue weighted by Crippen LogP contribution is -2.38. The number of rotatable bonds is 1. The lowest BCUT2D eigenvalue weighted by molar-refractivity contribution is -0.132. The minimum atomic E-state index is -0.908. The Labute approximate surface area is 142 Å². The third-order valence-corrected chi connectivity index (χ3v) is 3.87. The van der Waals surface area contributed by atoms with Gasteiger partial charge in [-0.2, -0.15) is 0 Å². The predicted molar refractivity (Wildman–Crippen MR) is 92.0 cm³/mol. The molecule has 1 aliphatic rings. The van der Waals surface area contributed by atoms with E-state index in [1.165, 1.54) is 0 Å². The van der Waals surface area contributed by atoms with Crippen molar-refractivity contribution in [2.24, 2.45) is 0 Å². The highest BCUT2D eigenvalue weighted by Crippen LogP contribution is 2.18. The summed E-state index contributed by atoms with van der Waals surface area (Å²) >= 11 is 0. The van der Waals surface area contributed by atoms with Gasteiger partial charge in [0.05, 0.1) is 0 Å². The van der Waals surface area contributed by atoms with E-state index in [4.69, 9.17) is 4.74 Å². The molecular formula is C19H25NO4. The molecule has 0 aliphatic carbocycles. The van der Waals surface area contributed by atoms with Crippen LogP contribution in [-0.2, 0) is 22.4 Å². The Bertz CT molecular complexity index is 643. The van der Waals surface area contributed by atoms with Crippen LogP contribution < -0.4 is 0 Å². The lowest BCUT2D eigenvalue weighted by Gasteiger charge is -2.28. The number of hydrogen-bond acceptors (Lipinski definition) is 3. The quantitative estimate of drug-likeness (QED) is 0.856. The fourth-order valence-corrected chi connectivity index (χ4v) is 2.69. The van der Waals surface area contributed by atoms with Gasteiger partial charge in [0.2, 0.25) is 0 Å². The van der Waals surface area contributed by atoms with Gasteiger partial charge < -0.3 is 14.7 Å². The molecule has 1 amide bonds. The van der Waals surface area contributed by atoms with Crippen LogP contribution in [0, 0.1) is 0 Å². The Morgan fingerprint density at radius 2 is 1.79 bits per heavy atom. The molecule has 1 aromatic carbocycles. The Hall–Kier alpha value is -2.30. The van der Waals surface area contributed by atoms with E-state index in [0.717, 1.165) is 11.1 Å². The van der Waals surface area contributed by atoms with Crippen LogP contribution in [0.4, 0.5) is 4.79 Å². The molecule has 0 spiro atoms. The topological polar surface area (TPSA) is 66.8 Å². The van der Waals surface area contributed by atoms with Crippen LogP contribution in [0.2, 0.25) is 0 Å². The largest absolute Gasteiger partial charge is 0.478 e. The molecule has 0 aromatic heterocycles. The zero-order chi connectivity index (χ0) is 17.7. The molecule has 24 heavy (non-hydrogen) atoms. The summed E-state index contributed by atoms with van der Waals surface area (Å²) in [6, 6.07) is 7.79. The van der Waals surface area contributed by atoms with Crippen molar-refractivity contribution in [3.05, 3.63) is 47.0 Å². The molecule has 0 radical (unpaired) electrons. The van der Waals surface area contributed by atoms with Crippen LogP contribution in [0.15, 0.2) is 35.9 Å². The minimum absolute atomic E-state index is 0.356. The van der Waals surface area contributed by atoms with Gasteiger partial charge in [-0.05, 0) is 44.7 Å². The first-order valence-electron chi connectivity index (χ1n) is 8.23. The fourth-order valence-electron chi connectivity index (χ4n) is 2.69. The van der Waals surface area contributed by atoms with E-state index < -0.39 is 11.6 Å². The number of benzene rings is 1. The maximum atomic E-state index is 12.4. The second-order valence-electron chi connectivity index (χ2n) is 6.99. The molecule has 5 nitrogen and oxygen atoms in total. The summed E-state index contributed by atoms with van der Waals surface area (Å²) < 4.78 is 5.46.